The number of carbonyl (C=O) groups excluding carboxylic acids is 2. The number of oxime groups is 1. The summed E-state index contributed by atoms with van der Waals surface area (Å²) in [6, 6.07) is 6.96. The second-order valence-corrected chi connectivity index (χ2v) is 6.56. The van der Waals surface area contributed by atoms with E-state index in [1.807, 2.05) is 0 Å². The van der Waals surface area contributed by atoms with Gasteiger partial charge in [0.25, 0.3) is 5.91 Å². The molecule has 1 fully saturated rings. The highest BCUT2D eigenvalue weighted by atomic mass is 16.6. The Morgan fingerprint density at radius 1 is 1.24 bits per heavy atom. The maximum atomic E-state index is 12.0. The lowest BCUT2D eigenvalue weighted by Crippen LogP contribution is -2.44. The van der Waals surface area contributed by atoms with Crippen LogP contribution in [0.1, 0.15) is 49.0 Å². The Kier molecular flexibility index (Phi) is 6.98. The molecule has 6 nitrogen and oxygen atoms in total. The van der Waals surface area contributed by atoms with Gasteiger partial charge in [0, 0.05) is 6.04 Å². The third kappa shape index (κ3) is 5.59. The highest BCUT2D eigenvalue weighted by molar-refractivity contribution is 5.90. The van der Waals surface area contributed by atoms with E-state index in [0.717, 1.165) is 18.4 Å². The third-order valence-electron chi connectivity index (χ3n) is 4.86. The number of carbonyl (C=O) groups is 2. The maximum Gasteiger partial charge on any atom is 0.337 e. The minimum Gasteiger partial charge on any atom is -0.465 e. The molecule has 1 saturated carbocycles. The van der Waals surface area contributed by atoms with Crippen molar-refractivity contribution in [3.63, 3.8) is 0 Å². The summed E-state index contributed by atoms with van der Waals surface area (Å²) in [7, 11) is 1.34. The summed E-state index contributed by atoms with van der Waals surface area (Å²) in [4.78, 5) is 28.4. The number of esters is 1. The summed E-state index contributed by atoms with van der Waals surface area (Å²) in [5.41, 5.74) is 1.23. The molecule has 1 aliphatic carbocycles. The van der Waals surface area contributed by atoms with E-state index in [0.29, 0.717) is 17.4 Å². The van der Waals surface area contributed by atoms with E-state index in [9.17, 15) is 9.59 Å². The fourth-order valence-corrected chi connectivity index (χ4v) is 3.05. The van der Waals surface area contributed by atoms with Gasteiger partial charge in [-0.1, -0.05) is 44.0 Å². The quantitative estimate of drug-likeness (QED) is 0.488. The first kappa shape index (κ1) is 19.0. The number of hydrogen-bond acceptors (Lipinski definition) is 5. The van der Waals surface area contributed by atoms with Crippen molar-refractivity contribution < 1.29 is 19.2 Å². The molecule has 0 aliphatic heterocycles. The maximum absolute atomic E-state index is 12.0. The van der Waals surface area contributed by atoms with Gasteiger partial charge in [-0.15, -0.1) is 0 Å². The van der Waals surface area contributed by atoms with Crippen molar-refractivity contribution in [1.29, 1.82) is 0 Å². The monoisotopic (exact) mass is 346 g/mol. The van der Waals surface area contributed by atoms with Gasteiger partial charge in [-0.3, -0.25) is 4.79 Å². The Morgan fingerprint density at radius 2 is 1.96 bits per heavy atom. The molecule has 1 aromatic rings. The van der Waals surface area contributed by atoms with Crippen LogP contribution in [0.2, 0.25) is 0 Å². The molecule has 1 aliphatic rings. The van der Waals surface area contributed by atoms with Crippen LogP contribution in [-0.4, -0.2) is 37.8 Å². The highest BCUT2D eigenvalue weighted by Crippen LogP contribution is 2.29. The zero-order valence-corrected chi connectivity index (χ0v) is 15.0. The number of nitrogens with zero attached hydrogens (tertiary/aromatic N) is 1. The van der Waals surface area contributed by atoms with Crippen LogP contribution in [0, 0.1) is 11.8 Å². The molecular formula is C19H26N2O4. The topological polar surface area (TPSA) is 77.0 Å². The van der Waals surface area contributed by atoms with Gasteiger partial charge in [-0.25, -0.2) is 4.79 Å². The molecule has 1 amide bonds. The highest BCUT2D eigenvalue weighted by Gasteiger charge is 2.28. The normalized spacial score (nSPS) is 23.2. The van der Waals surface area contributed by atoms with Crippen LogP contribution in [0.25, 0.3) is 0 Å². The number of methoxy groups -OCH3 is 1. The van der Waals surface area contributed by atoms with E-state index in [-0.39, 0.29) is 24.5 Å². The average Bonchev–Trinajstić information content (AvgIpc) is 2.62. The second kappa shape index (κ2) is 9.20. The van der Waals surface area contributed by atoms with Gasteiger partial charge in [0.15, 0.2) is 6.61 Å². The summed E-state index contributed by atoms with van der Waals surface area (Å²) in [5, 5.41) is 6.84. The van der Waals surface area contributed by atoms with Gasteiger partial charge in [-0.05, 0) is 36.0 Å². The molecule has 0 unspecified atom stereocenters. The molecule has 2 rings (SSSR count). The first-order valence-electron chi connectivity index (χ1n) is 8.64. The van der Waals surface area contributed by atoms with Crippen LogP contribution in [0.3, 0.4) is 0 Å². The number of ether oxygens (including phenoxy) is 1. The lowest BCUT2D eigenvalue weighted by atomic mass is 9.78. The third-order valence-corrected chi connectivity index (χ3v) is 4.86. The molecule has 136 valence electrons. The molecule has 1 aromatic carbocycles. The van der Waals surface area contributed by atoms with E-state index < -0.39 is 0 Å². The van der Waals surface area contributed by atoms with E-state index in [2.05, 4.69) is 29.1 Å². The Morgan fingerprint density at radius 3 is 2.64 bits per heavy atom. The zero-order chi connectivity index (χ0) is 18.2. The van der Waals surface area contributed by atoms with Crippen molar-refractivity contribution in [2.45, 2.75) is 39.2 Å². The van der Waals surface area contributed by atoms with Crippen LogP contribution in [0.4, 0.5) is 0 Å². The van der Waals surface area contributed by atoms with Crippen molar-refractivity contribution in [2.75, 3.05) is 13.7 Å². The fourth-order valence-electron chi connectivity index (χ4n) is 3.05. The number of amides is 1. The largest absolute Gasteiger partial charge is 0.465 e. The van der Waals surface area contributed by atoms with Gasteiger partial charge in [0.2, 0.25) is 0 Å². The summed E-state index contributed by atoms with van der Waals surface area (Å²) in [6.45, 7) is 4.31. The van der Waals surface area contributed by atoms with Crippen molar-refractivity contribution in [2.24, 2.45) is 17.0 Å². The van der Waals surface area contributed by atoms with Crippen LogP contribution < -0.4 is 5.32 Å². The first-order valence-corrected chi connectivity index (χ1v) is 8.64. The van der Waals surface area contributed by atoms with Crippen molar-refractivity contribution in [3.8, 4) is 0 Å². The Balaban J connectivity index is 1.75. The Bertz CT molecular complexity index is 612. The van der Waals surface area contributed by atoms with Crippen molar-refractivity contribution in [3.05, 3.63) is 35.4 Å². The molecule has 1 N–H and O–H groups in total. The Labute approximate surface area is 148 Å². The second-order valence-electron chi connectivity index (χ2n) is 6.56. The van der Waals surface area contributed by atoms with E-state index in [4.69, 9.17) is 4.84 Å². The minimum atomic E-state index is -0.386. The molecule has 0 heterocycles. The first-order chi connectivity index (χ1) is 12.0. The average molecular weight is 346 g/mol. The summed E-state index contributed by atoms with van der Waals surface area (Å²) in [5.74, 6) is 0.576. The molecule has 0 saturated heterocycles. The van der Waals surface area contributed by atoms with Crippen LogP contribution in [-0.2, 0) is 14.4 Å². The van der Waals surface area contributed by atoms with Crippen LogP contribution in [0.5, 0.6) is 0 Å². The van der Waals surface area contributed by atoms with Crippen LogP contribution >= 0.6 is 0 Å². The molecule has 0 spiro atoms. The predicted octanol–water partition coefficient (Wildman–Crippen LogP) is 2.76. The lowest BCUT2D eigenvalue weighted by Gasteiger charge is -2.34. The molecule has 3 atom stereocenters. The van der Waals surface area contributed by atoms with Crippen molar-refractivity contribution >= 4 is 18.1 Å². The van der Waals surface area contributed by atoms with E-state index in [1.165, 1.54) is 19.7 Å². The zero-order valence-electron chi connectivity index (χ0n) is 15.0. The number of benzene rings is 1. The van der Waals surface area contributed by atoms with Crippen LogP contribution in [0.15, 0.2) is 29.4 Å². The molecule has 25 heavy (non-hydrogen) atoms. The van der Waals surface area contributed by atoms with Crippen molar-refractivity contribution in [1.82, 2.24) is 5.32 Å². The fraction of sp³-hybridized carbons (Fsp3) is 0.526. The predicted molar refractivity (Wildman–Crippen MR) is 95.4 cm³/mol. The minimum absolute atomic E-state index is 0.103. The number of nitrogens with one attached hydrogen (secondary N) is 1. The lowest BCUT2D eigenvalue weighted by molar-refractivity contribution is -0.127. The van der Waals surface area contributed by atoms with E-state index in [1.54, 1.807) is 24.3 Å². The SMILES string of the molecule is COC(=O)c1ccc(/C=N\OCC(=O)N[C@@H]2CCC[C@@H](C)[C@H]2C)cc1. The molecule has 0 radical (unpaired) electrons. The molecule has 0 aromatic heterocycles. The molecule has 0 bridgehead atoms. The Hall–Kier alpha value is -2.37. The molecular weight excluding hydrogens is 320 g/mol. The summed E-state index contributed by atoms with van der Waals surface area (Å²) in [6.07, 6.45) is 4.90. The van der Waals surface area contributed by atoms with Gasteiger partial charge >= 0.3 is 5.97 Å². The summed E-state index contributed by atoms with van der Waals surface area (Å²) < 4.78 is 4.64. The smallest absolute Gasteiger partial charge is 0.337 e. The van der Waals surface area contributed by atoms with Gasteiger partial charge in [-0.2, -0.15) is 0 Å². The van der Waals surface area contributed by atoms with Gasteiger partial charge < -0.3 is 14.9 Å². The van der Waals surface area contributed by atoms with Gasteiger partial charge in [0.05, 0.1) is 18.9 Å². The standard InChI is InChI=1S/C19H26N2O4/c1-13-5-4-6-17(14(13)2)21-18(22)12-25-20-11-15-7-9-16(10-8-15)19(23)24-3/h7-11,13-14,17H,4-6,12H2,1-3H3,(H,21,22)/b20-11-/t13-,14-,17-/m1/s1. The molecule has 6 heteroatoms. The number of hydrogen-bond donors (Lipinski definition) is 1. The van der Waals surface area contributed by atoms with E-state index >= 15 is 0 Å². The van der Waals surface area contributed by atoms with Gasteiger partial charge in [0.1, 0.15) is 0 Å². The number of rotatable bonds is 6. The summed E-state index contributed by atoms with van der Waals surface area (Å²) >= 11 is 0.